The highest BCUT2D eigenvalue weighted by atomic mass is 32.2. The summed E-state index contributed by atoms with van der Waals surface area (Å²) < 4.78 is 11.1. The molecule has 0 saturated heterocycles. The van der Waals surface area contributed by atoms with Crippen molar-refractivity contribution in [1.82, 2.24) is 4.90 Å². The number of aryl methyl sites for hydroxylation is 3. The molecule has 0 aromatic heterocycles. The van der Waals surface area contributed by atoms with Crippen LogP contribution in [0.15, 0.2) is 35.2 Å². The zero-order chi connectivity index (χ0) is 21.0. The van der Waals surface area contributed by atoms with Gasteiger partial charge in [-0.1, -0.05) is 17.7 Å². The summed E-state index contributed by atoms with van der Waals surface area (Å²) in [6, 6.07) is 9.69. The van der Waals surface area contributed by atoms with E-state index in [1.54, 1.807) is 7.05 Å². The summed E-state index contributed by atoms with van der Waals surface area (Å²) in [6.07, 6.45) is 0. The molecule has 0 aliphatic carbocycles. The molecule has 0 spiro atoms. The Kier molecular flexibility index (Phi) is 6.69. The Labute approximate surface area is 175 Å². The average molecular weight is 415 g/mol. The fourth-order valence-corrected chi connectivity index (χ4v) is 4.09. The molecule has 2 amide bonds. The van der Waals surface area contributed by atoms with Crippen LogP contribution in [0.5, 0.6) is 11.5 Å². The lowest BCUT2D eigenvalue weighted by atomic mass is 10.1. The van der Waals surface area contributed by atoms with Gasteiger partial charge < -0.3 is 19.7 Å². The maximum atomic E-state index is 12.4. The van der Waals surface area contributed by atoms with Crippen molar-refractivity contribution in [1.29, 1.82) is 0 Å². The zero-order valence-electron chi connectivity index (χ0n) is 17.2. The second-order valence-electron chi connectivity index (χ2n) is 7.17. The van der Waals surface area contributed by atoms with E-state index in [2.05, 4.69) is 5.32 Å². The lowest BCUT2D eigenvalue weighted by Gasteiger charge is -2.20. The first kappa shape index (κ1) is 21.0. The molecular formula is C22H26N2O4S. The standard InChI is InChI=1S/C22H26N2O4S/c1-14-9-15(2)22(16(3)10-14)23-20(25)12-24(4)21(26)13-29-17-5-6-18-19(11-17)28-8-7-27-18/h5-6,9-11H,7-8,12-13H2,1-4H3,(H,23,25). The molecule has 0 saturated carbocycles. The topological polar surface area (TPSA) is 67.9 Å². The highest BCUT2D eigenvalue weighted by Gasteiger charge is 2.16. The number of hydrogen-bond acceptors (Lipinski definition) is 5. The number of benzene rings is 2. The first-order chi connectivity index (χ1) is 13.8. The smallest absolute Gasteiger partial charge is 0.243 e. The van der Waals surface area contributed by atoms with Gasteiger partial charge in [-0.2, -0.15) is 0 Å². The van der Waals surface area contributed by atoms with E-state index >= 15 is 0 Å². The summed E-state index contributed by atoms with van der Waals surface area (Å²) in [7, 11) is 1.64. The highest BCUT2D eigenvalue weighted by Crippen LogP contribution is 2.34. The van der Waals surface area contributed by atoms with Gasteiger partial charge in [0.05, 0.1) is 12.3 Å². The molecule has 7 heteroatoms. The summed E-state index contributed by atoms with van der Waals surface area (Å²) >= 11 is 1.41. The Morgan fingerprint density at radius 1 is 1.03 bits per heavy atom. The lowest BCUT2D eigenvalue weighted by molar-refractivity contribution is -0.131. The van der Waals surface area contributed by atoms with E-state index in [1.807, 2.05) is 51.1 Å². The van der Waals surface area contributed by atoms with Gasteiger partial charge in [0.15, 0.2) is 11.5 Å². The third-order valence-corrected chi connectivity index (χ3v) is 5.60. The molecule has 6 nitrogen and oxygen atoms in total. The first-order valence-electron chi connectivity index (χ1n) is 9.47. The van der Waals surface area contributed by atoms with Crippen LogP contribution in [-0.4, -0.2) is 49.3 Å². The van der Waals surface area contributed by atoms with Gasteiger partial charge in [0, 0.05) is 17.6 Å². The van der Waals surface area contributed by atoms with Gasteiger partial charge in [-0.3, -0.25) is 9.59 Å². The van der Waals surface area contributed by atoms with Crippen molar-refractivity contribution >= 4 is 29.3 Å². The van der Waals surface area contributed by atoms with Gasteiger partial charge in [0.25, 0.3) is 0 Å². The normalized spacial score (nSPS) is 12.4. The second-order valence-corrected chi connectivity index (χ2v) is 8.21. The van der Waals surface area contributed by atoms with Gasteiger partial charge in [-0.05, 0) is 50.1 Å². The minimum absolute atomic E-state index is 0.00723. The van der Waals surface area contributed by atoms with E-state index < -0.39 is 0 Å². The van der Waals surface area contributed by atoms with Gasteiger partial charge in [0.2, 0.25) is 11.8 Å². The number of anilines is 1. The minimum atomic E-state index is -0.208. The Bertz CT molecular complexity index is 906. The fourth-order valence-electron chi connectivity index (χ4n) is 3.23. The van der Waals surface area contributed by atoms with Crippen molar-refractivity contribution in [2.24, 2.45) is 0 Å². The van der Waals surface area contributed by atoms with E-state index in [1.165, 1.54) is 16.7 Å². The molecule has 0 radical (unpaired) electrons. The monoisotopic (exact) mass is 414 g/mol. The molecule has 2 aromatic carbocycles. The summed E-state index contributed by atoms with van der Waals surface area (Å²) in [4.78, 5) is 27.2. The van der Waals surface area contributed by atoms with E-state index in [9.17, 15) is 9.59 Å². The van der Waals surface area contributed by atoms with Crippen LogP contribution in [0.3, 0.4) is 0 Å². The molecule has 1 N–H and O–H groups in total. The molecule has 3 rings (SSSR count). The summed E-state index contributed by atoms with van der Waals surface area (Å²) in [5, 5.41) is 2.93. The van der Waals surface area contributed by atoms with Gasteiger partial charge in [-0.25, -0.2) is 0 Å². The van der Waals surface area contributed by atoms with Crippen LogP contribution < -0.4 is 14.8 Å². The number of thioether (sulfide) groups is 1. The van der Waals surface area contributed by atoms with Crippen LogP contribution in [0.1, 0.15) is 16.7 Å². The second kappa shape index (κ2) is 9.22. The molecular weight excluding hydrogens is 388 g/mol. The summed E-state index contributed by atoms with van der Waals surface area (Å²) in [5.41, 5.74) is 3.99. The number of nitrogens with one attached hydrogen (secondary N) is 1. The highest BCUT2D eigenvalue weighted by molar-refractivity contribution is 8.00. The predicted octanol–water partition coefficient (Wildman–Crippen LogP) is 3.57. The minimum Gasteiger partial charge on any atom is -0.486 e. The average Bonchev–Trinajstić information content (AvgIpc) is 2.68. The van der Waals surface area contributed by atoms with Crippen LogP contribution >= 0.6 is 11.8 Å². The fraction of sp³-hybridized carbons (Fsp3) is 0.364. The maximum absolute atomic E-state index is 12.4. The maximum Gasteiger partial charge on any atom is 0.243 e. The molecule has 1 heterocycles. The van der Waals surface area contributed by atoms with Gasteiger partial charge in [-0.15, -0.1) is 11.8 Å². The summed E-state index contributed by atoms with van der Waals surface area (Å²) in [5.74, 6) is 1.34. The summed E-state index contributed by atoms with van der Waals surface area (Å²) in [6.45, 7) is 7.04. The third-order valence-electron chi connectivity index (χ3n) is 4.62. The Morgan fingerprint density at radius 3 is 2.38 bits per heavy atom. The molecule has 0 unspecified atom stereocenters. The van der Waals surface area contributed by atoms with E-state index in [4.69, 9.17) is 9.47 Å². The van der Waals surface area contributed by atoms with Gasteiger partial charge >= 0.3 is 0 Å². The molecule has 29 heavy (non-hydrogen) atoms. The molecule has 0 atom stereocenters. The van der Waals surface area contributed by atoms with Crippen molar-refractivity contribution in [3.8, 4) is 11.5 Å². The first-order valence-corrected chi connectivity index (χ1v) is 10.5. The van der Waals surface area contributed by atoms with E-state index in [0.29, 0.717) is 19.0 Å². The molecule has 1 aliphatic heterocycles. The van der Waals surface area contributed by atoms with Gasteiger partial charge in [0.1, 0.15) is 13.2 Å². The Hall–Kier alpha value is -2.67. The van der Waals surface area contributed by atoms with E-state index in [-0.39, 0.29) is 24.1 Å². The number of amides is 2. The number of carbonyl (C=O) groups excluding carboxylic acids is 2. The molecule has 1 aliphatic rings. The van der Waals surface area contributed by atoms with Crippen molar-refractivity contribution < 1.29 is 19.1 Å². The van der Waals surface area contributed by atoms with Crippen LogP contribution in [-0.2, 0) is 9.59 Å². The van der Waals surface area contributed by atoms with Crippen LogP contribution in [0.25, 0.3) is 0 Å². The van der Waals surface area contributed by atoms with Crippen LogP contribution in [0.4, 0.5) is 5.69 Å². The number of carbonyl (C=O) groups is 2. The predicted molar refractivity (Wildman–Crippen MR) is 115 cm³/mol. The van der Waals surface area contributed by atoms with Crippen molar-refractivity contribution in [2.75, 3.05) is 37.9 Å². The van der Waals surface area contributed by atoms with Crippen molar-refractivity contribution in [2.45, 2.75) is 25.7 Å². The SMILES string of the molecule is Cc1cc(C)c(NC(=O)CN(C)C(=O)CSc2ccc3c(c2)OCCO3)c(C)c1. The molecule has 154 valence electrons. The van der Waals surface area contributed by atoms with Crippen LogP contribution in [0.2, 0.25) is 0 Å². The number of likely N-dealkylation sites (N-methyl/N-ethyl adjacent to an activating group) is 1. The number of nitrogens with zero attached hydrogens (tertiary/aromatic N) is 1. The quantitative estimate of drug-likeness (QED) is 0.732. The molecule has 0 fully saturated rings. The number of hydrogen-bond donors (Lipinski definition) is 1. The Morgan fingerprint density at radius 2 is 1.69 bits per heavy atom. The number of ether oxygens (including phenoxy) is 2. The zero-order valence-corrected chi connectivity index (χ0v) is 18.0. The van der Waals surface area contributed by atoms with Crippen molar-refractivity contribution in [3.05, 3.63) is 47.0 Å². The molecule has 2 aromatic rings. The number of rotatable bonds is 6. The Balaban J connectivity index is 1.52. The van der Waals surface area contributed by atoms with Crippen molar-refractivity contribution in [3.63, 3.8) is 0 Å². The lowest BCUT2D eigenvalue weighted by Crippen LogP contribution is -2.36. The largest absolute Gasteiger partial charge is 0.486 e. The van der Waals surface area contributed by atoms with Crippen LogP contribution in [0, 0.1) is 20.8 Å². The number of fused-ring (bicyclic) bond motifs is 1. The molecule has 0 bridgehead atoms. The third kappa shape index (κ3) is 5.44. The van der Waals surface area contributed by atoms with E-state index in [0.717, 1.165) is 33.0 Å².